The van der Waals surface area contributed by atoms with Crippen LogP contribution in [0.5, 0.6) is 0 Å². The van der Waals surface area contributed by atoms with Gasteiger partial charge in [0.1, 0.15) is 58.3 Å². The molecule has 3 unspecified atom stereocenters. The number of nitrogens with two attached hydrogens (primary N) is 1. The van der Waals surface area contributed by atoms with Gasteiger partial charge in [-0.2, -0.15) is 20.4 Å². The van der Waals surface area contributed by atoms with E-state index in [1.807, 2.05) is 22.9 Å². The number of halogens is 8. The van der Waals surface area contributed by atoms with Crippen molar-refractivity contribution in [1.82, 2.24) is 55.9 Å². The molecule has 0 radical (unpaired) electrons. The Morgan fingerprint density at radius 3 is 1.16 bits per heavy atom. The molecule has 11 N–H and O–H groups in total. The summed E-state index contributed by atoms with van der Waals surface area (Å²) in [5, 5.41) is 47.9. The molecule has 6 amide bonds. The molecule has 33 heteroatoms. The number of carbonyl (C=O) groups excluding carboxylic acids is 6. The van der Waals surface area contributed by atoms with E-state index in [-0.39, 0.29) is 95.6 Å². The number of benzene rings is 8. The average Bonchev–Trinajstić information content (AvgIpc) is 1.67. The van der Waals surface area contributed by atoms with E-state index < -0.39 is 58.9 Å². The predicted octanol–water partition coefficient (Wildman–Crippen LogP) is 18.3. The maximum absolute atomic E-state index is 14.7. The van der Waals surface area contributed by atoms with Crippen LogP contribution in [-0.2, 0) is 41.9 Å². The number of H-pyrrole nitrogens is 4. The Bertz CT molecular complexity index is 6320. The molecule has 0 spiro atoms. The molecule has 3 fully saturated rings. The van der Waals surface area contributed by atoms with Crippen molar-refractivity contribution in [2.75, 3.05) is 47.4 Å². The minimum Gasteiger partial charge on any atom is -0.467 e. The average molecular weight is 1730 g/mol. The lowest BCUT2D eigenvalue weighted by molar-refractivity contribution is -0.129. The molecule has 18 rings (SSSR count). The molecule has 7 aromatic heterocycles. The second-order valence-corrected chi connectivity index (χ2v) is 31.5. The van der Waals surface area contributed by atoms with Crippen molar-refractivity contribution < 1.29 is 68.3 Å². The molecule has 10 heterocycles. The Labute approximate surface area is 715 Å². The number of piperidine rings is 1. The van der Waals surface area contributed by atoms with Gasteiger partial charge in [0.05, 0.1) is 105 Å². The lowest BCUT2D eigenvalue weighted by atomic mass is 9.98. The molecular formula is C92H76F8N16O7S2. The Morgan fingerprint density at radius 2 is 0.816 bits per heavy atom. The lowest BCUT2D eigenvalue weighted by Gasteiger charge is -2.22. The molecule has 3 saturated heterocycles. The number of carbonyl (C=O) groups is 6. The van der Waals surface area contributed by atoms with Crippen molar-refractivity contribution in [1.29, 1.82) is 0 Å². The van der Waals surface area contributed by atoms with Gasteiger partial charge in [0.15, 0.2) is 0 Å². The van der Waals surface area contributed by atoms with Crippen LogP contribution in [-0.4, -0.2) is 112 Å². The van der Waals surface area contributed by atoms with Gasteiger partial charge in [0.25, 0.3) is 0 Å². The molecule has 634 valence electrons. The molecule has 4 atom stereocenters. The summed E-state index contributed by atoms with van der Waals surface area (Å²) in [5.74, 6) is -6.02. The molecule has 0 aliphatic carbocycles. The van der Waals surface area contributed by atoms with Crippen molar-refractivity contribution in [2.24, 2.45) is 23.5 Å². The van der Waals surface area contributed by atoms with Gasteiger partial charge in [-0.15, -0.1) is 22.7 Å². The highest BCUT2D eigenvalue weighted by Crippen LogP contribution is 2.34. The van der Waals surface area contributed by atoms with E-state index in [0.717, 1.165) is 46.5 Å². The maximum Gasteiger partial charge on any atom is 0.246 e. The molecule has 3 aliphatic rings. The number of nitrogens with one attached hydrogen (secondary N) is 9. The van der Waals surface area contributed by atoms with Crippen LogP contribution in [0.15, 0.2) is 203 Å². The number of hydrogen-bond acceptors (Lipinski definition) is 15. The zero-order chi connectivity index (χ0) is 87.2. The minimum absolute atomic E-state index is 0.00673. The Morgan fingerprint density at radius 1 is 0.448 bits per heavy atom. The van der Waals surface area contributed by atoms with Crippen molar-refractivity contribution in [2.45, 2.75) is 44.8 Å². The van der Waals surface area contributed by atoms with Crippen LogP contribution < -0.4 is 32.3 Å². The summed E-state index contributed by atoms with van der Waals surface area (Å²) in [5.41, 5.74) is 13.5. The number of anilines is 4. The second kappa shape index (κ2) is 39.1. The van der Waals surface area contributed by atoms with Crippen molar-refractivity contribution in [3.05, 3.63) is 306 Å². The second-order valence-electron chi connectivity index (χ2n) is 29.5. The maximum atomic E-state index is 14.7. The third kappa shape index (κ3) is 21.5. The number of aromatic nitrogens is 8. The largest absolute Gasteiger partial charge is 0.467 e. The van der Waals surface area contributed by atoms with Gasteiger partial charge in [-0.3, -0.25) is 49.2 Å². The van der Waals surface area contributed by atoms with Gasteiger partial charge >= 0.3 is 0 Å². The van der Waals surface area contributed by atoms with Crippen LogP contribution in [0, 0.1) is 64.3 Å². The van der Waals surface area contributed by atoms with Crippen molar-refractivity contribution in [3.8, 4) is 0 Å². The molecule has 0 saturated carbocycles. The van der Waals surface area contributed by atoms with E-state index in [9.17, 15) is 63.9 Å². The fraction of sp³-hybridized carbons (Fsp3) is 0.152. The monoisotopic (exact) mass is 1730 g/mol. The van der Waals surface area contributed by atoms with Crippen molar-refractivity contribution >= 4 is 173 Å². The van der Waals surface area contributed by atoms with Gasteiger partial charge in [-0.25, -0.2) is 35.1 Å². The number of fused-ring (bicyclic) bond motifs is 4. The van der Waals surface area contributed by atoms with Gasteiger partial charge in [-0.1, -0.05) is 85.0 Å². The van der Waals surface area contributed by atoms with E-state index >= 15 is 0 Å². The zero-order valence-corrected chi connectivity index (χ0v) is 67.6. The number of nitrogens with zero attached hydrogens (tertiary/aromatic N) is 6. The highest BCUT2D eigenvalue weighted by atomic mass is 32.1. The molecule has 8 aromatic carbocycles. The summed E-state index contributed by atoms with van der Waals surface area (Å²) < 4.78 is 116. The molecule has 23 nitrogen and oxygen atoms in total. The number of likely N-dealkylation sites (tertiary alicyclic amines) is 2. The summed E-state index contributed by atoms with van der Waals surface area (Å²) in [4.78, 5) is 80.1. The molecular weight excluding hydrogens is 1660 g/mol. The van der Waals surface area contributed by atoms with E-state index in [0.29, 0.717) is 96.7 Å². The van der Waals surface area contributed by atoms with Crippen LogP contribution >= 0.6 is 22.7 Å². The number of rotatable bonds is 21. The lowest BCUT2D eigenvalue weighted by Crippen LogP contribution is -2.37. The quantitative estimate of drug-likeness (QED) is 0.0300. The Hall–Kier alpha value is -14.5. The molecule has 15 aromatic rings. The SMILES string of the molecule is N[C@@H](C(=O)Nc1cc2c(/C=C/c3ccc(F)cc3)n[nH]c2cc1F)c1cccs1.O=C(Nc1cc2c(/C=C/c3ccc(F)cc3)n[nH]c2cc1F)C1CC(=O)N(Cc2ccco2)C1.O=C(Nc1cc2c(/C=C/c3ccc(F)cc3)n[nH]c2cc1F)C1CC(=O)N(Cc2cccs2)C1.O=C(Nc1cc2c(/C=C/c3ccc(F)cc3)n[nH]c2cc1F)C1CCCNC1. The van der Waals surface area contributed by atoms with Gasteiger partial charge in [0.2, 0.25) is 35.4 Å². The first-order chi connectivity index (χ1) is 60.5. The number of furan rings is 1. The fourth-order valence-electron chi connectivity index (χ4n) is 14.1. The topological polar surface area (TPSA) is 323 Å². The number of thiophene rings is 2. The van der Waals surface area contributed by atoms with Crippen molar-refractivity contribution in [3.63, 3.8) is 0 Å². The van der Waals surface area contributed by atoms with Gasteiger partial charge < -0.3 is 46.5 Å². The first-order valence-electron chi connectivity index (χ1n) is 39.3. The number of hydrogen-bond donors (Lipinski definition) is 10. The highest BCUT2D eigenvalue weighted by molar-refractivity contribution is 7.10. The normalized spacial score (nSPS) is 15.5. The summed E-state index contributed by atoms with van der Waals surface area (Å²) in [7, 11) is 0. The fourth-order valence-corrected chi connectivity index (χ4v) is 15.5. The van der Waals surface area contributed by atoms with Crippen LogP contribution in [0.1, 0.15) is 92.3 Å². The minimum atomic E-state index is -0.882. The summed E-state index contributed by atoms with van der Waals surface area (Å²) in [6.45, 7) is 2.79. The summed E-state index contributed by atoms with van der Waals surface area (Å²) in [6, 6.07) is 45.3. The van der Waals surface area contributed by atoms with E-state index in [2.05, 4.69) is 67.4 Å². The molecule has 0 bridgehead atoms. The van der Waals surface area contributed by atoms with E-state index in [1.54, 1.807) is 149 Å². The van der Waals surface area contributed by atoms with E-state index in [1.165, 1.54) is 109 Å². The third-order valence-corrected chi connectivity index (χ3v) is 22.6. The van der Waals surface area contributed by atoms with Gasteiger partial charge in [0, 0.05) is 88.0 Å². The van der Waals surface area contributed by atoms with Crippen LogP contribution in [0.25, 0.3) is 92.2 Å². The van der Waals surface area contributed by atoms with Crippen LogP contribution in [0.4, 0.5) is 57.9 Å². The Kier molecular flexibility index (Phi) is 26.7. The standard InChI is InChI=1S/C25H20F2N4O3.C25H20F2N4O2S.C21H16F2N4OS.C21H20F2N4O/c2*26-17-6-3-15(4-7-17)5-8-21-19-11-23(20(27)12-22(19)30-29-21)28-25(33)16-10-24(32)31(13-16)14-18-2-1-9-34-18;22-13-6-3-12(4-7-13)5-8-16-14-10-18(15(23)11-17(14)27-26-16)25-21(28)20(24)19-2-1-9-29-19;22-15-6-3-13(4-7-15)5-8-18-16-10-20(17(23)11-19(16)27-26-18)25-21(28)14-2-1-9-24-12-14/h2*1-9,11-12,16H,10,13-14H2,(H,28,33)(H,29,30);1-11,20H,24H2,(H,25,28)(H,26,27);3-8,10-11,14,24H,1-2,9,12H2,(H,25,28)(H,26,27)/b4*8-5+/t;;20-;/m..1./s1. The predicted molar refractivity (Wildman–Crippen MR) is 467 cm³/mol. The molecule has 125 heavy (non-hydrogen) atoms. The summed E-state index contributed by atoms with van der Waals surface area (Å²) >= 11 is 2.92. The number of aromatic amines is 4. The highest BCUT2D eigenvalue weighted by Gasteiger charge is 2.37. The molecule has 3 aliphatic heterocycles. The van der Waals surface area contributed by atoms with Gasteiger partial charge in [-0.05, 0) is 174 Å². The number of amides is 6. The smallest absolute Gasteiger partial charge is 0.246 e. The third-order valence-electron chi connectivity index (χ3n) is 20.8. The first-order valence-corrected chi connectivity index (χ1v) is 41.1. The zero-order valence-electron chi connectivity index (χ0n) is 66.0. The Balaban J connectivity index is 0.000000129. The first kappa shape index (κ1) is 85.4. The van der Waals surface area contributed by atoms with Crippen LogP contribution in [0.2, 0.25) is 0 Å². The van der Waals surface area contributed by atoms with E-state index in [4.69, 9.17) is 10.2 Å². The summed E-state index contributed by atoms with van der Waals surface area (Å²) in [6.07, 6.45) is 17.4. The van der Waals surface area contributed by atoms with Crippen LogP contribution in [0.3, 0.4) is 0 Å².